The Hall–Kier alpha value is -2.38. The number of anilines is 1. The van der Waals surface area contributed by atoms with Crippen molar-refractivity contribution in [1.29, 1.82) is 0 Å². The third-order valence-electron chi connectivity index (χ3n) is 4.67. The normalized spacial score (nSPS) is 10.8. The van der Waals surface area contributed by atoms with Crippen molar-refractivity contribution in [3.63, 3.8) is 0 Å². The summed E-state index contributed by atoms with van der Waals surface area (Å²) in [6.45, 7) is 3.30. The minimum Gasteiger partial charge on any atom is -0.441 e. The third kappa shape index (κ3) is 6.31. The number of nitrogens with zero attached hydrogens (tertiary/aromatic N) is 2. The molecule has 30 heavy (non-hydrogen) atoms. The van der Waals surface area contributed by atoms with E-state index in [9.17, 15) is 4.79 Å². The molecule has 0 saturated heterocycles. The maximum atomic E-state index is 12.1. The second kappa shape index (κ2) is 11.1. The average Bonchev–Trinajstić information content (AvgIpc) is 3.15. The number of oxazole rings is 1. The van der Waals surface area contributed by atoms with E-state index in [-0.39, 0.29) is 5.91 Å². The molecule has 0 unspecified atom stereocenters. The molecule has 158 valence electrons. The van der Waals surface area contributed by atoms with Gasteiger partial charge in [-0.1, -0.05) is 18.2 Å². The van der Waals surface area contributed by atoms with Gasteiger partial charge >= 0.3 is 0 Å². The van der Waals surface area contributed by atoms with Crippen LogP contribution in [0, 0.1) is 6.92 Å². The van der Waals surface area contributed by atoms with E-state index >= 15 is 0 Å². The largest absolute Gasteiger partial charge is 0.441 e. The minimum absolute atomic E-state index is 0.0375. The monoisotopic (exact) mass is 441 g/mol. The molecule has 1 N–H and O–H groups in total. The summed E-state index contributed by atoms with van der Waals surface area (Å²) in [7, 11) is 2.02. The summed E-state index contributed by atoms with van der Waals surface area (Å²) in [6, 6.07) is 18.3. The first-order valence-corrected chi connectivity index (χ1v) is 12.2. The molecule has 5 nitrogen and oxygen atoms in total. The molecular weight excluding hydrogens is 414 g/mol. The summed E-state index contributed by atoms with van der Waals surface area (Å²) in [5.74, 6) is 2.52. The number of benzene rings is 2. The number of nitrogens with one attached hydrogen (secondary N) is 1. The molecule has 0 radical (unpaired) electrons. The zero-order chi connectivity index (χ0) is 21.3. The summed E-state index contributed by atoms with van der Waals surface area (Å²) >= 11 is 3.25. The van der Waals surface area contributed by atoms with Gasteiger partial charge in [0, 0.05) is 42.0 Å². The summed E-state index contributed by atoms with van der Waals surface area (Å²) in [5.41, 5.74) is 2.99. The lowest BCUT2D eigenvalue weighted by Gasteiger charge is -2.19. The molecule has 0 aliphatic rings. The first-order valence-electron chi connectivity index (χ1n) is 9.78. The Morgan fingerprint density at radius 2 is 1.87 bits per heavy atom. The van der Waals surface area contributed by atoms with Crippen LogP contribution in [0.5, 0.6) is 0 Å². The number of aromatic nitrogens is 1. The number of para-hydroxylation sites is 1. The van der Waals surface area contributed by atoms with Crippen molar-refractivity contribution in [1.82, 2.24) is 10.3 Å². The molecule has 1 heterocycles. The van der Waals surface area contributed by atoms with E-state index in [1.54, 1.807) is 23.5 Å². The number of amides is 1. The highest BCUT2D eigenvalue weighted by molar-refractivity contribution is 7.99. The van der Waals surface area contributed by atoms with Gasteiger partial charge in [-0.05, 0) is 49.6 Å². The summed E-state index contributed by atoms with van der Waals surface area (Å²) in [6.07, 6.45) is 2.05. The van der Waals surface area contributed by atoms with Crippen LogP contribution in [0.15, 0.2) is 63.9 Å². The highest BCUT2D eigenvalue weighted by Crippen LogP contribution is 2.26. The Bertz CT molecular complexity index is 943. The lowest BCUT2D eigenvalue weighted by molar-refractivity contribution is -0.118. The number of rotatable bonds is 10. The molecule has 0 bridgehead atoms. The smallest absolute Gasteiger partial charge is 0.230 e. The van der Waals surface area contributed by atoms with Crippen molar-refractivity contribution in [2.24, 2.45) is 0 Å². The zero-order valence-electron chi connectivity index (χ0n) is 17.6. The van der Waals surface area contributed by atoms with Gasteiger partial charge in [-0.15, -0.1) is 23.5 Å². The van der Waals surface area contributed by atoms with Crippen molar-refractivity contribution in [3.05, 3.63) is 66.1 Å². The molecule has 0 fully saturated rings. The van der Waals surface area contributed by atoms with Gasteiger partial charge in [-0.3, -0.25) is 4.79 Å². The Morgan fingerprint density at radius 1 is 1.13 bits per heavy atom. The van der Waals surface area contributed by atoms with Crippen LogP contribution in [0.1, 0.15) is 11.5 Å². The molecular formula is C23H27N3O2S2. The Balaban J connectivity index is 1.41. The van der Waals surface area contributed by atoms with E-state index in [2.05, 4.69) is 45.7 Å². The zero-order valence-corrected chi connectivity index (χ0v) is 19.2. The number of hydrogen-bond donors (Lipinski definition) is 1. The van der Waals surface area contributed by atoms with Crippen LogP contribution < -0.4 is 10.2 Å². The number of thioether (sulfide) groups is 2. The highest BCUT2D eigenvalue weighted by Gasteiger charge is 2.12. The average molecular weight is 442 g/mol. The lowest BCUT2D eigenvalue weighted by atomic mass is 10.2. The molecule has 0 spiro atoms. The summed E-state index contributed by atoms with van der Waals surface area (Å²) in [5, 5.41) is 2.98. The van der Waals surface area contributed by atoms with Gasteiger partial charge in [0.1, 0.15) is 5.76 Å². The van der Waals surface area contributed by atoms with Crippen LogP contribution in [0.4, 0.5) is 5.69 Å². The van der Waals surface area contributed by atoms with Crippen LogP contribution in [0.3, 0.4) is 0 Å². The van der Waals surface area contributed by atoms with Crippen molar-refractivity contribution in [2.75, 3.05) is 37.0 Å². The second-order valence-electron chi connectivity index (χ2n) is 6.85. The van der Waals surface area contributed by atoms with E-state index in [1.807, 2.05) is 44.3 Å². The summed E-state index contributed by atoms with van der Waals surface area (Å²) < 4.78 is 5.83. The van der Waals surface area contributed by atoms with Crippen molar-refractivity contribution < 1.29 is 9.21 Å². The number of likely N-dealkylation sites (N-methyl/N-ethyl adjacent to an activating group) is 1. The van der Waals surface area contributed by atoms with Crippen LogP contribution in [-0.4, -0.2) is 43.0 Å². The number of carbonyl (C=O) groups excluding carboxylic acids is 1. The van der Waals surface area contributed by atoms with Crippen LogP contribution >= 0.6 is 23.5 Å². The molecule has 1 aromatic heterocycles. The van der Waals surface area contributed by atoms with Gasteiger partial charge < -0.3 is 14.6 Å². The van der Waals surface area contributed by atoms with Gasteiger partial charge in [0.15, 0.2) is 0 Å². The molecule has 0 atom stereocenters. The molecule has 0 aliphatic heterocycles. The van der Waals surface area contributed by atoms with Gasteiger partial charge in [0.05, 0.1) is 11.4 Å². The van der Waals surface area contributed by atoms with Crippen LogP contribution in [0.2, 0.25) is 0 Å². The maximum absolute atomic E-state index is 12.1. The fourth-order valence-corrected chi connectivity index (χ4v) is 4.14. The highest BCUT2D eigenvalue weighted by atomic mass is 32.2. The first kappa shape index (κ1) is 22.3. The first-order chi connectivity index (χ1) is 14.6. The number of aryl methyl sites for hydroxylation is 1. The maximum Gasteiger partial charge on any atom is 0.230 e. The van der Waals surface area contributed by atoms with Gasteiger partial charge in [-0.25, -0.2) is 4.98 Å². The van der Waals surface area contributed by atoms with Gasteiger partial charge in [0.2, 0.25) is 11.8 Å². The van der Waals surface area contributed by atoms with E-state index < -0.39 is 0 Å². The fraction of sp³-hybridized carbons (Fsp3) is 0.304. The van der Waals surface area contributed by atoms with Gasteiger partial charge in [0.25, 0.3) is 0 Å². The molecule has 0 saturated carbocycles. The topological polar surface area (TPSA) is 58.4 Å². The van der Waals surface area contributed by atoms with Crippen LogP contribution in [0.25, 0.3) is 11.5 Å². The Labute approximate surface area is 186 Å². The second-order valence-corrected chi connectivity index (χ2v) is 8.72. The van der Waals surface area contributed by atoms with Crippen molar-refractivity contribution in [3.8, 4) is 11.5 Å². The van der Waals surface area contributed by atoms with E-state index in [0.29, 0.717) is 23.9 Å². The van der Waals surface area contributed by atoms with E-state index in [1.165, 1.54) is 4.90 Å². The predicted octanol–water partition coefficient (Wildman–Crippen LogP) is 4.86. The van der Waals surface area contributed by atoms with Crippen LogP contribution in [-0.2, 0) is 10.5 Å². The van der Waals surface area contributed by atoms with Gasteiger partial charge in [-0.2, -0.15) is 0 Å². The molecule has 1 amide bonds. The lowest BCUT2D eigenvalue weighted by Crippen LogP contribution is -2.33. The third-order valence-corrected chi connectivity index (χ3v) is 6.36. The predicted molar refractivity (Wildman–Crippen MR) is 127 cm³/mol. The van der Waals surface area contributed by atoms with E-state index in [0.717, 1.165) is 29.2 Å². The number of hydrogen-bond acceptors (Lipinski definition) is 6. The molecule has 7 heteroatoms. The summed E-state index contributed by atoms with van der Waals surface area (Å²) in [4.78, 5) is 20.1. The fourth-order valence-electron chi connectivity index (χ4n) is 2.89. The SMILES string of the molecule is CSc1ccc(-c2nc(CSCC(=O)NCCN(C)c3ccccc3)c(C)o2)cc1. The molecule has 3 aromatic rings. The van der Waals surface area contributed by atoms with Crippen molar-refractivity contribution >= 4 is 35.1 Å². The quantitative estimate of drug-likeness (QED) is 0.454. The molecule has 3 rings (SSSR count). The Morgan fingerprint density at radius 3 is 2.57 bits per heavy atom. The minimum atomic E-state index is 0.0375. The van der Waals surface area contributed by atoms with E-state index in [4.69, 9.17) is 4.42 Å². The standard InChI is InChI=1S/C23H27N3O2S2/c1-17-21(25-23(28-17)18-9-11-20(29-3)12-10-18)15-30-16-22(27)24-13-14-26(2)19-7-5-4-6-8-19/h4-12H,13-16H2,1-3H3,(H,24,27). The Kier molecular flexibility index (Phi) is 8.28. The van der Waals surface area contributed by atoms with Crippen molar-refractivity contribution in [2.45, 2.75) is 17.6 Å². The molecule has 0 aliphatic carbocycles. The molecule has 2 aromatic carbocycles. The number of carbonyl (C=O) groups is 1.